The highest BCUT2D eigenvalue weighted by atomic mass is 16.4. The van der Waals surface area contributed by atoms with Crippen molar-refractivity contribution in [2.45, 2.75) is 19.8 Å². The second-order valence-corrected chi connectivity index (χ2v) is 1.92. The minimum atomic E-state index is -1.82. The standard InChI is InChI=1S/C4H12N2.C2H2O4/c1-2-3-4-6-5;3-1(4)2(5)6/h6H,2-5H2,1H3;(H,3,4)(H,5,6). The quantitative estimate of drug-likeness (QED) is 0.199. The van der Waals surface area contributed by atoms with Gasteiger partial charge in [0.25, 0.3) is 0 Å². The zero-order valence-corrected chi connectivity index (χ0v) is 6.91. The van der Waals surface area contributed by atoms with Crippen molar-refractivity contribution in [3.63, 3.8) is 0 Å². The average Bonchev–Trinajstić information content (AvgIpc) is 2.02. The number of nitrogens with two attached hydrogens (primary N) is 1. The molecule has 0 aromatic carbocycles. The fourth-order valence-corrected chi connectivity index (χ4v) is 0.279. The zero-order chi connectivity index (χ0) is 9.98. The first kappa shape index (κ1) is 13.4. The number of carboxylic acids is 2. The molecule has 0 radical (unpaired) electrons. The number of hydrazine groups is 1. The van der Waals surface area contributed by atoms with Crippen molar-refractivity contribution in [2.24, 2.45) is 5.84 Å². The third-order valence-corrected chi connectivity index (χ3v) is 0.858. The van der Waals surface area contributed by atoms with Gasteiger partial charge in [0.15, 0.2) is 0 Å². The van der Waals surface area contributed by atoms with E-state index >= 15 is 0 Å². The maximum Gasteiger partial charge on any atom is 0.414 e. The van der Waals surface area contributed by atoms with Gasteiger partial charge in [-0.3, -0.25) is 11.3 Å². The molecule has 72 valence electrons. The zero-order valence-electron chi connectivity index (χ0n) is 6.91. The summed E-state index contributed by atoms with van der Waals surface area (Å²) >= 11 is 0. The van der Waals surface area contributed by atoms with E-state index in [4.69, 9.17) is 25.6 Å². The lowest BCUT2D eigenvalue weighted by Gasteiger charge is -1.89. The van der Waals surface area contributed by atoms with Crippen LogP contribution in [0.3, 0.4) is 0 Å². The predicted octanol–water partition coefficient (Wildman–Crippen LogP) is -0.595. The highest BCUT2D eigenvalue weighted by molar-refractivity contribution is 6.27. The van der Waals surface area contributed by atoms with Gasteiger partial charge >= 0.3 is 11.9 Å². The van der Waals surface area contributed by atoms with E-state index in [1.165, 1.54) is 12.8 Å². The summed E-state index contributed by atoms with van der Waals surface area (Å²) in [6.45, 7) is 3.08. The lowest BCUT2D eigenvalue weighted by Crippen LogP contribution is -2.22. The third-order valence-electron chi connectivity index (χ3n) is 0.858. The smallest absolute Gasteiger partial charge is 0.414 e. The third kappa shape index (κ3) is 15.9. The Kier molecular flexibility index (Phi) is 11.1. The van der Waals surface area contributed by atoms with E-state index in [-0.39, 0.29) is 0 Å². The van der Waals surface area contributed by atoms with Gasteiger partial charge in [0, 0.05) is 6.54 Å². The maximum atomic E-state index is 9.10. The second kappa shape index (κ2) is 9.86. The Balaban J connectivity index is 0. The number of rotatable bonds is 3. The van der Waals surface area contributed by atoms with E-state index < -0.39 is 11.9 Å². The van der Waals surface area contributed by atoms with Crippen LogP contribution in [-0.4, -0.2) is 28.7 Å². The number of hydrogen-bond acceptors (Lipinski definition) is 4. The van der Waals surface area contributed by atoms with E-state index in [0.29, 0.717) is 0 Å². The monoisotopic (exact) mass is 178 g/mol. The summed E-state index contributed by atoms with van der Waals surface area (Å²) in [4.78, 5) is 18.2. The summed E-state index contributed by atoms with van der Waals surface area (Å²) in [6.07, 6.45) is 2.39. The van der Waals surface area contributed by atoms with Crippen LogP contribution in [0.15, 0.2) is 0 Å². The Hall–Kier alpha value is -1.14. The Morgan fingerprint density at radius 3 is 1.83 bits per heavy atom. The summed E-state index contributed by atoms with van der Waals surface area (Å²) in [5.74, 6) is 1.32. The minimum absolute atomic E-state index is 0.941. The average molecular weight is 178 g/mol. The topological polar surface area (TPSA) is 113 Å². The summed E-state index contributed by atoms with van der Waals surface area (Å²) in [6, 6.07) is 0. The summed E-state index contributed by atoms with van der Waals surface area (Å²) in [7, 11) is 0. The normalized spacial score (nSPS) is 8.17. The fourth-order valence-electron chi connectivity index (χ4n) is 0.279. The van der Waals surface area contributed by atoms with Crippen molar-refractivity contribution in [3.8, 4) is 0 Å². The van der Waals surface area contributed by atoms with Crippen LogP contribution in [0.1, 0.15) is 19.8 Å². The molecule has 0 aliphatic carbocycles. The predicted molar refractivity (Wildman–Crippen MR) is 42.4 cm³/mol. The second-order valence-electron chi connectivity index (χ2n) is 1.92. The van der Waals surface area contributed by atoms with Gasteiger partial charge in [0.05, 0.1) is 0 Å². The van der Waals surface area contributed by atoms with Crippen LogP contribution in [0.25, 0.3) is 0 Å². The van der Waals surface area contributed by atoms with Crippen LogP contribution < -0.4 is 11.3 Å². The molecule has 5 N–H and O–H groups in total. The molecule has 0 bridgehead atoms. The van der Waals surface area contributed by atoms with Gasteiger partial charge in [0.2, 0.25) is 0 Å². The molecule has 0 heterocycles. The van der Waals surface area contributed by atoms with Crippen molar-refractivity contribution in [1.82, 2.24) is 5.43 Å². The number of hydrogen-bond donors (Lipinski definition) is 4. The van der Waals surface area contributed by atoms with E-state index in [9.17, 15) is 0 Å². The molecule has 0 atom stereocenters. The summed E-state index contributed by atoms with van der Waals surface area (Å²) < 4.78 is 0. The van der Waals surface area contributed by atoms with Crippen LogP contribution in [0.2, 0.25) is 0 Å². The van der Waals surface area contributed by atoms with Crippen LogP contribution >= 0.6 is 0 Å². The highest BCUT2D eigenvalue weighted by Gasteiger charge is 2.04. The van der Waals surface area contributed by atoms with Gasteiger partial charge in [0.1, 0.15) is 0 Å². The molecule has 0 aromatic heterocycles. The number of aliphatic carboxylic acids is 2. The first-order chi connectivity index (χ1) is 5.56. The minimum Gasteiger partial charge on any atom is -0.473 e. The largest absolute Gasteiger partial charge is 0.473 e. The number of unbranched alkanes of at least 4 members (excludes halogenated alkanes) is 1. The van der Waals surface area contributed by atoms with Gasteiger partial charge in [-0.05, 0) is 6.42 Å². The molecule has 0 aromatic rings. The van der Waals surface area contributed by atoms with Crippen LogP contribution in [0.5, 0.6) is 0 Å². The van der Waals surface area contributed by atoms with E-state index in [1.807, 2.05) is 0 Å². The Bertz CT molecular complexity index is 122. The summed E-state index contributed by atoms with van der Waals surface area (Å²) in [5.41, 5.74) is 2.57. The SMILES string of the molecule is CCCCNN.O=C(O)C(=O)O. The lowest BCUT2D eigenvalue weighted by molar-refractivity contribution is -0.159. The fraction of sp³-hybridized carbons (Fsp3) is 0.667. The van der Waals surface area contributed by atoms with Gasteiger partial charge in [-0.15, -0.1) is 0 Å². The molecule has 0 fully saturated rings. The van der Waals surface area contributed by atoms with Crippen LogP contribution in [-0.2, 0) is 9.59 Å². The van der Waals surface area contributed by atoms with E-state index in [0.717, 1.165) is 6.54 Å². The Labute approximate surface area is 70.3 Å². The highest BCUT2D eigenvalue weighted by Crippen LogP contribution is 1.78. The van der Waals surface area contributed by atoms with Gasteiger partial charge < -0.3 is 10.2 Å². The molecule has 0 amide bonds. The molecule has 12 heavy (non-hydrogen) atoms. The molecule has 0 aliphatic heterocycles. The first-order valence-electron chi connectivity index (χ1n) is 3.45. The first-order valence-corrected chi connectivity index (χ1v) is 3.45. The lowest BCUT2D eigenvalue weighted by atomic mass is 10.3. The molecule has 0 rings (SSSR count). The number of carboxylic acid groups (broad SMARTS) is 2. The molecular formula is C6H14N2O4. The molecule has 6 heteroatoms. The molecule has 0 spiro atoms. The van der Waals surface area contributed by atoms with Gasteiger partial charge in [-0.2, -0.15) is 0 Å². The molecule has 0 unspecified atom stereocenters. The molecule has 0 saturated carbocycles. The van der Waals surface area contributed by atoms with Crippen molar-refractivity contribution in [3.05, 3.63) is 0 Å². The van der Waals surface area contributed by atoms with Crippen molar-refractivity contribution in [2.75, 3.05) is 6.54 Å². The van der Waals surface area contributed by atoms with Crippen molar-refractivity contribution < 1.29 is 19.8 Å². The summed E-state index contributed by atoms with van der Waals surface area (Å²) in [5, 5.41) is 14.8. The van der Waals surface area contributed by atoms with Crippen molar-refractivity contribution >= 4 is 11.9 Å². The molecule has 6 nitrogen and oxygen atoms in total. The maximum absolute atomic E-state index is 9.10. The van der Waals surface area contributed by atoms with Crippen LogP contribution in [0, 0.1) is 0 Å². The van der Waals surface area contributed by atoms with Crippen LogP contribution in [0.4, 0.5) is 0 Å². The van der Waals surface area contributed by atoms with Crippen molar-refractivity contribution in [1.29, 1.82) is 0 Å². The van der Waals surface area contributed by atoms with Gasteiger partial charge in [-0.25, -0.2) is 9.59 Å². The Morgan fingerprint density at radius 1 is 1.33 bits per heavy atom. The Morgan fingerprint density at radius 2 is 1.75 bits per heavy atom. The number of nitrogens with one attached hydrogen (secondary N) is 1. The number of carbonyl (C=O) groups is 2. The molecule has 0 aliphatic rings. The van der Waals surface area contributed by atoms with E-state index in [1.54, 1.807) is 0 Å². The van der Waals surface area contributed by atoms with Gasteiger partial charge in [-0.1, -0.05) is 13.3 Å². The molecular weight excluding hydrogens is 164 g/mol. The van der Waals surface area contributed by atoms with E-state index in [2.05, 4.69) is 12.3 Å². The molecule has 0 saturated heterocycles.